The summed E-state index contributed by atoms with van der Waals surface area (Å²) in [6.07, 6.45) is -0.696. The lowest BCUT2D eigenvalue weighted by Crippen LogP contribution is -2.47. The predicted octanol–water partition coefficient (Wildman–Crippen LogP) is 3.57. The zero-order chi connectivity index (χ0) is 31.3. The van der Waals surface area contributed by atoms with Crippen LogP contribution in [0.3, 0.4) is 0 Å². The van der Waals surface area contributed by atoms with Crippen LogP contribution >= 0.6 is 0 Å². The van der Waals surface area contributed by atoms with Crippen LogP contribution in [0.25, 0.3) is 11.6 Å². The lowest BCUT2D eigenvalue weighted by Gasteiger charge is -2.24. The smallest absolute Gasteiger partial charge is 0.417 e. The molecule has 5 rings (SSSR count). The topological polar surface area (TPSA) is 70.7 Å². The molecule has 228 valence electrons. The van der Waals surface area contributed by atoms with Crippen molar-refractivity contribution >= 4 is 25.0 Å². The molecule has 0 saturated heterocycles. The number of aryl methyl sites for hydroxylation is 5. The third-order valence-corrected chi connectivity index (χ3v) is 8.34. The minimum absolute atomic E-state index is 0.0168. The maximum Gasteiger partial charge on any atom is 0.417 e. The van der Waals surface area contributed by atoms with Gasteiger partial charge in [-0.15, -0.1) is 0 Å². The molecule has 44 heavy (non-hydrogen) atoms. The molecule has 1 aliphatic rings. The van der Waals surface area contributed by atoms with Gasteiger partial charge in [0.05, 0.1) is 5.56 Å². The van der Waals surface area contributed by atoms with Crippen molar-refractivity contribution < 1.29 is 27.8 Å². The standard InChI is InChI=1S/C36H36BF3O4/c37-28-14-6-10-25(20-28)16-15-24-9-5-8-23(19-24)7-1-2-11-26-12-3-4-13-27(26)17-18-29-34-30(36(38,39)40)21-33(42)44-32(34)22-31(41)35(29)43/h3-6,8-10,12-14,19-22,31,35,41,43H,1-2,7,11,15-18,37H2. The summed E-state index contributed by atoms with van der Waals surface area (Å²) in [4.78, 5) is 11.8. The van der Waals surface area contributed by atoms with Gasteiger partial charge in [0.15, 0.2) is 0 Å². The van der Waals surface area contributed by atoms with Crippen LogP contribution in [0.15, 0.2) is 88.1 Å². The number of aliphatic hydroxyl groups excluding tert-OH is 2. The van der Waals surface area contributed by atoms with Gasteiger partial charge in [-0.3, -0.25) is 0 Å². The molecular formula is C36H36BF3O4. The van der Waals surface area contributed by atoms with Crippen molar-refractivity contribution in [2.75, 3.05) is 0 Å². The van der Waals surface area contributed by atoms with Crippen molar-refractivity contribution in [3.63, 3.8) is 0 Å². The average molecular weight is 600 g/mol. The van der Waals surface area contributed by atoms with Gasteiger partial charge < -0.3 is 14.6 Å². The van der Waals surface area contributed by atoms with Gasteiger partial charge in [0, 0.05) is 11.3 Å². The highest BCUT2D eigenvalue weighted by Gasteiger charge is 2.36. The Morgan fingerprint density at radius 3 is 2.02 bits per heavy atom. The molecular weight excluding hydrogens is 564 g/mol. The number of unbranched alkanes of at least 4 members (excludes halogenated alkanes) is 1. The molecule has 0 fully saturated rings. The highest BCUT2D eigenvalue weighted by molar-refractivity contribution is 6.32. The van der Waals surface area contributed by atoms with E-state index in [1.807, 2.05) is 24.3 Å². The summed E-state index contributed by atoms with van der Waals surface area (Å²) in [5, 5.41) is 20.6. The van der Waals surface area contributed by atoms with Crippen LogP contribution in [0.5, 0.6) is 0 Å². The monoisotopic (exact) mass is 600 g/mol. The molecule has 0 bridgehead atoms. The third-order valence-electron chi connectivity index (χ3n) is 8.34. The van der Waals surface area contributed by atoms with Crippen LogP contribution in [0.2, 0.25) is 0 Å². The molecule has 1 aromatic heterocycles. The van der Waals surface area contributed by atoms with Gasteiger partial charge in [0.1, 0.15) is 25.5 Å². The summed E-state index contributed by atoms with van der Waals surface area (Å²) in [6.45, 7) is 0. The Morgan fingerprint density at radius 1 is 0.727 bits per heavy atom. The molecule has 1 heterocycles. The summed E-state index contributed by atoms with van der Waals surface area (Å²) in [5.41, 5.74) is 4.68. The van der Waals surface area contributed by atoms with Crippen LogP contribution in [0.1, 0.15) is 52.6 Å². The quantitative estimate of drug-likeness (QED) is 0.204. The molecule has 8 heteroatoms. The summed E-state index contributed by atoms with van der Waals surface area (Å²) >= 11 is 0. The fourth-order valence-electron chi connectivity index (χ4n) is 6.11. The average Bonchev–Trinajstić information content (AvgIpc) is 2.98. The molecule has 2 N–H and O–H groups in total. The van der Waals surface area contributed by atoms with Gasteiger partial charge >= 0.3 is 11.8 Å². The van der Waals surface area contributed by atoms with Crippen LogP contribution in [-0.2, 0) is 38.3 Å². The second-order valence-corrected chi connectivity index (χ2v) is 11.6. The highest BCUT2D eigenvalue weighted by Crippen LogP contribution is 2.28. The molecule has 2 atom stereocenters. The molecule has 0 aliphatic heterocycles. The van der Waals surface area contributed by atoms with Crippen LogP contribution in [0.4, 0.5) is 13.2 Å². The van der Waals surface area contributed by atoms with E-state index >= 15 is 0 Å². The lowest BCUT2D eigenvalue weighted by molar-refractivity contribution is -0.139. The lowest BCUT2D eigenvalue weighted by atomic mass is 9.89. The van der Waals surface area contributed by atoms with Gasteiger partial charge in [-0.2, -0.15) is 13.2 Å². The van der Waals surface area contributed by atoms with E-state index in [1.54, 1.807) is 0 Å². The number of benzene rings is 3. The number of alkyl halides is 3. The molecule has 0 saturated carbocycles. The molecule has 3 aromatic carbocycles. The minimum atomic E-state index is -4.82. The van der Waals surface area contributed by atoms with Crippen LogP contribution in [0, 0.1) is 0 Å². The number of rotatable bonds is 11. The summed E-state index contributed by atoms with van der Waals surface area (Å²) in [7, 11) is 2.11. The van der Waals surface area contributed by atoms with E-state index in [-0.39, 0.29) is 22.6 Å². The van der Waals surface area contributed by atoms with Crippen molar-refractivity contribution in [1.82, 2.24) is 0 Å². The summed E-state index contributed by atoms with van der Waals surface area (Å²) in [6, 6.07) is 25.6. The Balaban J connectivity index is 1.23. The van der Waals surface area contributed by atoms with E-state index in [9.17, 15) is 28.2 Å². The minimum Gasteiger partial charge on any atom is -0.423 e. The Morgan fingerprint density at radius 2 is 1.34 bits per heavy atom. The number of halogens is 3. The molecule has 0 radical (unpaired) electrons. The number of aliphatic hydroxyl groups is 2. The van der Waals surface area contributed by atoms with E-state index < -0.39 is 29.6 Å². The Bertz CT molecular complexity index is 1790. The Labute approximate surface area is 255 Å². The number of fused-ring (bicyclic) bond motifs is 1. The predicted molar refractivity (Wildman–Crippen MR) is 169 cm³/mol. The largest absolute Gasteiger partial charge is 0.423 e. The molecule has 2 unspecified atom stereocenters. The van der Waals surface area contributed by atoms with Gasteiger partial charge in [-0.25, -0.2) is 4.79 Å². The van der Waals surface area contributed by atoms with Crippen LogP contribution < -0.4 is 21.7 Å². The van der Waals surface area contributed by atoms with E-state index in [0.717, 1.165) is 55.7 Å². The first-order valence-corrected chi connectivity index (χ1v) is 15.1. The molecule has 4 aromatic rings. The van der Waals surface area contributed by atoms with Crippen molar-refractivity contribution in [3.05, 3.63) is 133 Å². The SMILES string of the molecule is Bc1cccc(CCc2cccc(CCCCc3ccccc3CCC3=c4c(C(F)(F)F)cc(=O)oc4=CC(O)C3O)c2)c1. The van der Waals surface area contributed by atoms with Gasteiger partial charge in [-0.1, -0.05) is 78.3 Å². The Kier molecular flexibility index (Phi) is 9.92. The first kappa shape index (κ1) is 31.5. The van der Waals surface area contributed by atoms with Crippen LogP contribution in [-0.4, -0.2) is 30.3 Å². The fourth-order valence-corrected chi connectivity index (χ4v) is 6.11. The van der Waals surface area contributed by atoms with E-state index in [1.165, 1.54) is 22.2 Å². The van der Waals surface area contributed by atoms with Crippen molar-refractivity contribution in [2.24, 2.45) is 0 Å². The van der Waals surface area contributed by atoms with Gasteiger partial charge in [0.2, 0.25) is 0 Å². The van der Waals surface area contributed by atoms with Gasteiger partial charge in [0.25, 0.3) is 0 Å². The van der Waals surface area contributed by atoms with E-state index in [4.69, 9.17) is 4.42 Å². The van der Waals surface area contributed by atoms with Gasteiger partial charge in [-0.05, 0) is 90.8 Å². The number of hydrogen-bond donors (Lipinski definition) is 2. The second kappa shape index (κ2) is 13.8. The molecule has 1 aliphatic carbocycles. The third kappa shape index (κ3) is 7.79. The number of hydrogen-bond acceptors (Lipinski definition) is 4. The van der Waals surface area contributed by atoms with E-state index in [0.29, 0.717) is 12.5 Å². The second-order valence-electron chi connectivity index (χ2n) is 11.6. The zero-order valence-corrected chi connectivity index (χ0v) is 24.7. The molecule has 4 nitrogen and oxygen atoms in total. The Hall–Kier alpha value is -3.88. The summed E-state index contributed by atoms with van der Waals surface area (Å²) in [5.74, 6) is 0. The van der Waals surface area contributed by atoms with Crippen molar-refractivity contribution in [2.45, 2.75) is 69.8 Å². The van der Waals surface area contributed by atoms with E-state index in [2.05, 4.69) is 56.4 Å². The maximum absolute atomic E-state index is 13.9. The fraction of sp³-hybridized carbons (Fsp3) is 0.306. The summed E-state index contributed by atoms with van der Waals surface area (Å²) < 4.78 is 46.6. The zero-order valence-electron chi connectivity index (χ0n) is 24.7. The normalized spacial score (nSPS) is 16.4. The first-order chi connectivity index (χ1) is 21.1. The highest BCUT2D eigenvalue weighted by atomic mass is 19.4. The van der Waals surface area contributed by atoms with Crippen molar-refractivity contribution in [3.8, 4) is 0 Å². The van der Waals surface area contributed by atoms with Crippen molar-refractivity contribution in [1.29, 1.82) is 0 Å². The first-order valence-electron chi connectivity index (χ1n) is 15.1. The molecule has 0 amide bonds. The molecule has 0 spiro atoms. The maximum atomic E-state index is 13.9.